The molecule has 1 fully saturated rings. The summed E-state index contributed by atoms with van der Waals surface area (Å²) in [5, 5.41) is 20.1. The van der Waals surface area contributed by atoms with E-state index in [1.54, 1.807) is 10.7 Å². The Morgan fingerprint density at radius 2 is 2.20 bits per heavy atom. The Bertz CT molecular complexity index is 800. The molecular formula is C16H21N7O2. The van der Waals surface area contributed by atoms with Crippen LogP contribution in [-0.4, -0.2) is 44.7 Å². The second-order valence-electron chi connectivity index (χ2n) is 6.41. The summed E-state index contributed by atoms with van der Waals surface area (Å²) in [6.07, 6.45) is 0.308. The first-order valence-corrected chi connectivity index (χ1v) is 8.17. The molecule has 1 aliphatic rings. The van der Waals surface area contributed by atoms with E-state index in [0.29, 0.717) is 18.7 Å². The summed E-state index contributed by atoms with van der Waals surface area (Å²) < 4.78 is 1.71. The first kappa shape index (κ1) is 16.9. The normalized spacial score (nSPS) is 16.8. The molecule has 132 valence electrons. The number of benzene rings is 1. The summed E-state index contributed by atoms with van der Waals surface area (Å²) in [6.45, 7) is 6.45. The first-order chi connectivity index (χ1) is 11.9. The second-order valence-corrected chi connectivity index (χ2v) is 6.41. The number of hydrogen-bond acceptors (Lipinski definition) is 5. The molecule has 0 spiro atoms. The highest BCUT2D eigenvalue weighted by Gasteiger charge is 2.23. The zero-order valence-corrected chi connectivity index (χ0v) is 14.4. The van der Waals surface area contributed by atoms with Gasteiger partial charge in [-0.2, -0.15) is 4.68 Å². The molecule has 2 heterocycles. The van der Waals surface area contributed by atoms with Crippen molar-refractivity contribution < 1.29 is 9.59 Å². The van der Waals surface area contributed by atoms with Crippen molar-refractivity contribution in [1.29, 1.82) is 0 Å². The quantitative estimate of drug-likeness (QED) is 0.769. The minimum Gasteiger partial charge on any atom is -0.354 e. The van der Waals surface area contributed by atoms with Crippen LogP contribution in [0.1, 0.15) is 37.6 Å². The molecule has 0 bridgehead atoms. The van der Waals surface area contributed by atoms with Gasteiger partial charge in [-0.05, 0) is 41.1 Å². The van der Waals surface area contributed by atoms with Gasteiger partial charge in [0.1, 0.15) is 0 Å². The van der Waals surface area contributed by atoms with E-state index in [0.717, 1.165) is 17.1 Å². The maximum atomic E-state index is 12.0. The Morgan fingerprint density at radius 1 is 1.40 bits per heavy atom. The number of urea groups is 1. The standard InChI is InChI=1S/C16H21N7O2/c1-9(2)15-20-21-22-23(15)13-5-4-11(6-10(13)3)18-16(25)19-12-7-14(24)17-8-12/h4-6,9,12H,7-8H2,1-3H3,(H,17,24)(H2,18,19,25)/t12-/m0/s1. The van der Waals surface area contributed by atoms with Crippen molar-refractivity contribution in [3.63, 3.8) is 0 Å². The lowest BCUT2D eigenvalue weighted by molar-refractivity contribution is -0.119. The van der Waals surface area contributed by atoms with E-state index in [4.69, 9.17) is 0 Å². The predicted octanol–water partition coefficient (Wildman–Crippen LogP) is 1.10. The largest absolute Gasteiger partial charge is 0.354 e. The van der Waals surface area contributed by atoms with E-state index >= 15 is 0 Å². The maximum absolute atomic E-state index is 12.0. The Kier molecular flexibility index (Phi) is 4.64. The van der Waals surface area contributed by atoms with Crippen LogP contribution in [-0.2, 0) is 4.79 Å². The zero-order valence-electron chi connectivity index (χ0n) is 14.4. The van der Waals surface area contributed by atoms with Gasteiger partial charge in [-0.15, -0.1) is 5.10 Å². The third kappa shape index (κ3) is 3.76. The summed E-state index contributed by atoms with van der Waals surface area (Å²) in [5.74, 6) is 0.925. The number of carbonyl (C=O) groups excluding carboxylic acids is 2. The lowest BCUT2D eigenvalue weighted by atomic mass is 10.1. The van der Waals surface area contributed by atoms with Crippen LogP contribution < -0.4 is 16.0 Å². The number of anilines is 1. The maximum Gasteiger partial charge on any atom is 0.319 e. The van der Waals surface area contributed by atoms with Crippen LogP contribution in [0.2, 0.25) is 0 Å². The van der Waals surface area contributed by atoms with Crippen LogP contribution in [0.25, 0.3) is 5.69 Å². The van der Waals surface area contributed by atoms with Gasteiger partial charge < -0.3 is 16.0 Å². The number of carbonyl (C=O) groups is 2. The fraction of sp³-hybridized carbons (Fsp3) is 0.438. The van der Waals surface area contributed by atoms with Gasteiger partial charge in [0.05, 0.1) is 11.7 Å². The molecule has 1 saturated heterocycles. The van der Waals surface area contributed by atoms with Crippen molar-refractivity contribution in [2.45, 2.75) is 39.2 Å². The minimum atomic E-state index is -0.334. The van der Waals surface area contributed by atoms with Crippen LogP contribution in [0, 0.1) is 6.92 Å². The van der Waals surface area contributed by atoms with Crippen molar-refractivity contribution in [2.24, 2.45) is 0 Å². The van der Waals surface area contributed by atoms with Crippen LogP contribution in [0.3, 0.4) is 0 Å². The molecule has 3 amide bonds. The molecule has 0 saturated carbocycles. The van der Waals surface area contributed by atoms with Crippen molar-refractivity contribution >= 4 is 17.6 Å². The van der Waals surface area contributed by atoms with Crippen LogP contribution in [0.4, 0.5) is 10.5 Å². The number of aromatic nitrogens is 4. The van der Waals surface area contributed by atoms with Gasteiger partial charge in [0.25, 0.3) is 0 Å². The summed E-state index contributed by atoms with van der Waals surface area (Å²) >= 11 is 0. The van der Waals surface area contributed by atoms with Crippen LogP contribution in [0.15, 0.2) is 18.2 Å². The summed E-state index contributed by atoms with van der Waals surface area (Å²) in [4.78, 5) is 23.2. The van der Waals surface area contributed by atoms with E-state index in [1.807, 2.05) is 32.9 Å². The van der Waals surface area contributed by atoms with Gasteiger partial charge in [-0.25, -0.2) is 4.79 Å². The lowest BCUT2D eigenvalue weighted by Crippen LogP contribution is -2.39. The monoisotopic (exact) mass is 343 g/mol. The van der Waals surface area contributed by atoms with E-state index < -0.39 is 0 Å². The van der Waals surface area contributed by atoms with Gasteiger partial charge in [0.2, 0.25) is 5.91 Å². The van der Waals surface area contributed by atoms with E-state index in [1.165, 1.54) is 0 Å². The fourth-order valence-electron chi connectivity index (χ4n) is 2.76. The third-order valence-corrected chi connectivity index (χ3v) is 4.01. The summed E-state index contributed by atoms with van der Waals surface area (Å²) in [7, 11) is 0. The topological polar surface area (TPSA) is 114 Å². The first-order valence-electron chi connectivity index (χ1n) is 8.17. The molecule has 0 unspecified atom stereocenters. The Morgan fingerprint density at radius 3 is 2.84 bits per heavy atom. The number of tetrazole rings is 1. The highest BCUT2D eigenvalue weighted by Crippen LogP contribution is 2.21. The highest BCUT2D eigenvalue weighted by atomic mass is 16.2. The number of nitrogens with one attached hydrogen (secondary N) is 3. The molecule has 1 aromatic carbocycles. The van der Waals surface area contributed by atoms with Crippen molar-refractivity contribution in [1.82, 2.24) is 30.8 Å². The number of rotatable bonds is 4. The number of hydrogen-bond donors (Lipinski definition) is 3. The molecule has 3 rings (SSSR count). The zero-order chi connectivity index (χ0) is 18.0. The van der Waals surface area contributed by atoms with E-state index in [2.05, 4.69) is 31.5 Å². The van der Waals surface area contributed by atoms with Gasteiger partial charge in [0, 0.05) is 24.6 Å². The molecule has 9 heteroatoms. The third-order valence-electron chi connectivity index (χ3n) is 4.01. The van der Waals surface area contributed by atoms with Gasteiger partial charge in [-0.1, -0.05) is 13.8 Å². The molecule has 3 N–H and O–H groups in total. The predicted molar refractivity (Wildman–Crippen MR) is 91.5 cm³/mol. The average Bonchev–Trinajstić information content (AvgIpc) is 3.16. The molecule has 0 radical (unpaired) electrons. The molecule has 1 aromatic heterocycles. The van der Waals surface area contributed by atoms with Crippen molar-refractivity contribution in [2.75, 3.05) is 11.9 Å². The number of amides is 3. The van der Waals surface area contributed by atoms with Gasteiger partial charge in [-0.3, -0.25) is 4.79 Å². The Balaban J connectivity index is 1.70. The highest BCUT2D eigenvalue weighted by molar-refractivity contribution is 5.90. The Labute approximate surface area is 145 Å². The minimum absolute atomic E-state index is 0.0482. The number of nitrogens with zero attached hydrogens (tertiary/aromatic N) is 4. The molecular weight excluding hydrogens is 322 g/mol. The molecule has 9 nitrogen and oxygen atoms in total. The molecule has 0 aliphatic carbocycles. The summed E-state index contributed by atoms with van der Waals surface area (Å²) in [5.41, 5.74) is 2.46. The lowest BCUT2D eigenvalue weighted by Gasteiger charge is -2.14. The SMILES string of the molecule is Cc1cc(NC(=O)N[C@@H]2CNC(=O)C2)ccc1-n1nnnc1C(C)C. The fourth-order valence-corrected chi connectivity index (χ4v) is 2.76. The molecule has 1 atom stereocenters. The number of aryl methyl sites for hydroxylation is 1. The van der Waals surface area contributed by atoms with Crippen molar-refractivity contribution in [3.05, 3.63) is 29.6 Å². The molecule has 25 heavy (non-hydrogen) atoms. The van der Waals surface area contributed by atoms with Crippen LogP contribution >= 0.6 is 0 Å². The van der Waals surface area contributed by atoms with Crippen molar-refractivity contribution in [3.8, 4) is 5.69 Å². The van der Waals surface area contributed by atoms with E-state index in [9.17, 15) is 9.59 Å². The Hall–Kier alpha value is -2.97. The second kappa shape index (κ2) is 6.88. The van der Waals surface area contributed by atoms with Gasteiger partial charge in [0.15, 0.2) is 5.82 Å². The summed E-state index contributed by atoms with van der Waals surface area (Å²) in [6, 6.07) is 5.01. The molecule has 2 aromatic rings. The smallest absolute Gasteiger partial charge is 0.319 e. The molecule has 1 aliphatic heterocycles. The average molecular weight is 343 g/mol. The van der Waals surface area contributed by atoms with E-state index in [-0.39, 0.29) is 23.9 Å². The van der Waals surface area contributed by atoms with Crippen LogP contribution in [0.5, 0.6) is 0 Å². The van der Waals surface area contributed by atoms with Gasteiger partial charge >= 0.3 is 6.03 Å².